The molecule has 41 heavy (non-hydrogen) atoms. The first-order valence-corrected chi connectivity index (χ1v) is 20.4. The number of carboxylic acid groups (broad SMARTS) is 2. The standard InChI is InChI=1S/2C16H33.2CO2.2Al.Ba/c2*1-3-5-7-9-11-13-15-16-14-12-10-8-6-4-2;2*2-1-3;;;/h2*1,3-16H2,2H3;;;;;/q;;2*-1;;;+2. The summed E-state index contributed by atoms with van der Waals surface area (Å²) in [6.07, 6.45) is 37.9. The summed E-state index contributed by atoms with van der Waals surface area (Å²) in [5.41, 5.74) is 0. The molecule has 2 radical (unpaired) electrons. The second-order valence-electron chi connectivity index (χ2n) is 11.8. The van der Waals surface area contributed by atoms with Gasteiger partial charge in [-0.25, -0.2) is 0 Å². The Kier molecular flexibility index (Phi) is 50.1. The van der Waals surface area contributed by atoms with E-state index in [2.05, 4.69) is 13.8 Å². The van der Waals surface area contributed by atoms with Crippen LogP contribution in [0.1, 0.15) is 194 Å². The summed E-state index contributed by atoms with van der Waals surface area (Å²) in [6.45, 7) is 4.54. The molecular weight excluding hydrogens is 664 g/mol. The van der Waals surface area contributed by atoms with Crippen molar-refractivity contribution in [1.82, 2.24) is 0 Å². The quantitative estimate of drug-likeness (QED) is 0.0511. The van der Waals surface area contributed by atoms with E-state index >= 15 is 0 Å². The average molecular weight is 730 g/mol. The van der Waals surface area contributed by atoms with Crippen LogP contribution < -0.4 is 10.2 Å². The Morgan fingerprint density at radius 2 is 0.537 bits per heavy atom. The second kappa shape index (κ2) is 43.7. The Morgan fingerprint density at radius 1 is 0.366 bits per heavy atom. The van der Waals surface area contributed by atoms with E-state index in [4.69, 9.17) is 0 Å². The smallest absolute Gasteiger partial charge is 0.571 e. The fourth-order valence-corrected chi connectivity index (χ4v) is 6.57. The number of carbonyl (C=O) groups excluding carboxylic acids is 2. The molecule has 0 aliphatic heterocycles. The van der Waals surface area contributed by atoms with Crippen LogP contribution in [0.2, 0.25) is 10.6 Å². The number of hydrogen-bond acceptors (Lipinski definition) is 4. The summed E-state index contributed by atoms with van der Waals surface area (Å²) in [4.78, 5) is 18.9. The summed E-state index contributed by atoms with van der Waals surface area (Å²) in [6, 6.07) is 0. The zero-order valence-electron chi connectivity index (χ0n) is 27.7. The van der Waals surface area contributed by atoms with Crippen LogP contribution in [0.3, 0.4) is 0 Å². The van der Waals surface area contributed by atoms with Crippen LogP contribution in [0.4, 0.5) is 9.59 Å². The van der Waals surface area contributed by atoms with E-state index < -0.39 is 40.1 Å². The third-order valence-electron chi connectivity index (χ3n) is 7.74. The maximum absolute atomic E-state index is 10.3. The summed E-state index contributed by atoms with van der Waals surface area (Å²) in [5.74, 6) is 0. The van der Waals surface area contributed by atoms with Crippen LogP contribution >= 0.6 is 0 Å². The molecule has 0 N–H and O–H groups in total. The van der Waals surface area contributed by atoms with Crippen molar-refractivity contribution in [3.05, 3.63) is 0 Å². The molecule has 0 amide bonds. The molecule has 0 saturated heterocycles. The summed E-state index contributed by atoms with van der Waals surface area (Å²) < 4.78 is 0. The minimum atomic E-state index is -0.820. The van der Waals surface area contributed by atoms with Gasteiger partial charge >= 0.3 is 48.9 Å². The van der Waals surface area contributed by atoms with E-state index in [-0.39, 0.29) is 48.9 Å². The maximum atomic E-state index is 10.3. The molecular formula is C34H66Al2BaO4. The van der Waals surface area contributed by atoms with Crippen molar-refractivity contribution in [2.45, 2.75) is 204 Å². The minimum absolute atomic E-state index is 0. The van der Waals surface area contributed by atoms with Gasteiger partial charge in [0.05, 0.1) is 0 Å². The molecule has 234 valence electrons. The summed E-state index contributed by atoms with van der Waals surface area (Å²) in [7, 11) is 0. The van der Waals surface area contributed by atoms with Gasteiger partial charge in [0, 0.05) is 0 Å². The fourth-order valence-electron chi connectivity index (χ4n) is 5.12. The first-order valence-electron chi connectivity index (χ1n) is 17.6. The van der Waals surface area contributed by atoms with Gasteiger partial charge in [0.2, 0.25) is 0 Å². The number of rotatable bonds is 32. The van der Waals surface area contributed by atoms with Crippen LogP contribution in [-0.2, 0) is 0 Å². The van der Waals surface area contributed by atoms with Crippen LogP contribution in [-0.4, -0.2) is 89.0 Å². The van der Waals surface area contributed by atoms with E-state index in [1.165, 1.54) is 167 Å². The van der Waals surface area contributed by atoms with E-state index in [1.54, 1.807) is 0 Å². The summed E-state index contributed by atoms with van der Waals surface area (Å²) in [5, 5.41) is 22.3. The van der Waals surface area contributed by atoms with E-state index in [9.17, 15) is 19.8 Å². The number of unbranched alkanes of at least 4 members (excludes halogenated alkanes) is 26. The van der Waals surface area contributed by atoms with Crippen LogP contribution in [0.25, 0.3) is 0 Å². The molecule has 0 aliphatic rings. The SMILES string of the molecule is CCCCCCCCCCCCCCC[CH2][Al][C](=O)[O-].CCCCCCCCCCCCCCC[CH2][Al][C](=O)[O-].[Ba+2]. The van der Waals surface area contributed by atoms with E-state index in [0.29, 0.717) is 0 Å². The third-order valence-corrected chi connectivity index (χ3v) is 9.80. The fraction of sp³-hybridized carbons (Fsp3) is 0.941. The molecule has 0 saturated carbocycles. The molecule has 0 aromatic heterocycles. The van der Waals surface area contributed by atoms with Gasteiger partial charge < -0.3 is 19.8 Å². The predicted octanol–water partition coefficient (Wildman–Crippen LogP) is 9.49. The van der Waals surface area contributed by atoms with Crippen molar-refractivity contribution < 1.29 is 19.8 Å². The molecule has 0 bridgehead atoms. The van der Waals surface area contributed by atoms with Crippen LogP contribution in [0.15, 0.2) is 0 Å². The average Bonchev–Trinajstić information content (AvgIpc) is 2.93. The molecule has 0 aliphatic carbocycles. The van der Waals surface area contributed by atoms with Gasteiger partial charge in [-0.05, 0) is 9.66 Å². The molecule has 0 spiro atoms. The molecule has 0 fully saturated rings. The van der Waals surface area contributed by atoms with Crippen molar-refractivity contribution in [2.75, 3.05) is 0 Å². The van der Waals surface area contributed by atoms with Gasteiger partial charge in [0.1, 0.15) is 0 Å². The van der Waals surface area contributed by atoms with Crippen LogP contribution in [0.5, 0.6) is 0 Å². The first-order chi connectivity index (χ1) is 19.5. The largest absolute Gasteiger partial charge is 2.00 e. The molecule has 0 heterocycles. The van der Waals surface area contributed by atoms with Gasteiger partial charge in [-0.2, -0.15) is 0 Å². The Balaban J connectivity index is -0.000000688. The molecule has 0 atom stereocenters. The Hall–Kier alpha value is 1.58. The van der Waals surface area contributed by atoms with Gasteiger partial charge in [0.25, 0.3) is 30.4 Å². The molecule has 0 unspecified atom stereocenters. The Labute approximate surface area is 309 Å². The number of hydrogen-bond donors (Lipinski definition) is 0. The van der Waals surface area contributed by atoms with Crippen molar-refractivity contribution in [2.24, 2.45) is 0 Å². The van der Waals surface area contributed by atoms with Crippen molar-refractivity contribution in [1.29, 1.82) is 0 Å². The Bertz CT molecular complexity index is 465. The molecule has 0 aromatic rings. The van der Waals surface area contributed by atoms with Gasteiger partial charge in [-0.1, -0.05) is 204 Å². The topological polar surface area (TPSA) is 80.3 Å². The molecule has 0 aromatic carbocycles. The zero-order valence-corrected chi connectivity index (χ0v) is 34.5. The van der Waals surface area contributed by atoms with E-state index in [0.717, 1.165) is 23.4 Å². The minimum Gasteiger partial charge on any atom is -0.571 e. The second-order valence-corrected chi connectivity index (χ2v) is 14.7. The monoisotopic (exact) mass is 730 g/mol. The summed E-state index contributed by atoms with van der Waals surface area (Å²) >= 11 is -0.905. The zero-order chi connectivity index (χ0) is 29.8. The predicted molar refractivity (Wildman–Crippen MR) is 178 cm³/mol. The van der Waals surface area contributed by atoms with E-state index in [1.807, 2.05) is 0 Å². The van der Waals surface area contributed by atoms with Gasteiger partial charge in [-0.3, -0.25) is 0 Å². The van der Waals surface area contributed by atoms with Crippen molar-refractivity contribution in [3.8, 4) is 0 Å². The Morgan fingerprint density at radius 3 is 0.707 bits per heavy atom. The van der Waals surface area contributed by atoms with Crippen molar-refractivity contribution >= 4 is 89.0 Å². The van der Waals surface area contributed by atoms with Crippen LogP contribution in [0, 0.1) is 0 Å². The maximum Gasteiger partial charge on any atom is 2.00 e. The molecule has 0 rings (SSSR count). The molecule has 7 heteroatoms. The van der Waals surface area contributed by atoms with Gasteiger partial charge in [0.15, 0.2) is 0 Å². The van der Waals surface area contributed by atoms with Gasteiger partial charge in [-0.15, -0.1) is 0 Å². The first kappa shape index (κ1) is 47.0. The normalized spacial score (nSPS) is 10.4. The number of carbonyl (C=O) groups is 2. The molecule has 4 nitrogen and oxygen atoms in total. The third kappa shape index (κ3) is 51.5. The van der Waals surface area contributed by atoms with Crippen molar-refractivity contribution in [3.63, 3.8) is 0 Å².